The summed E-state index contributed by atoms with van der Waals surface area (Å²) in [5, 5.41) is 9.36. The van der Waals surface area contributed by atoms with Crippen molar-refractivity contribution in [3.05, 3.63) is 40.9 Å². The molecule has 0 unspecified atom stereocenters. The predicted octanol–water partition coefficient (Wildman–Crippen LogP) is 2.20. The molecular weight excluding hydrogens is 552 g/mol. The third-order valence-electron chi connectivity index (χ3n) is 7.59. The minimum atomic E-state index is -3.50. The number of anilines is 1. The maximum atomic E-state index is 13.4. The van der Waals surface area contributed by atoms with Gasteiger partial charge in [0.1, 0.15) is 0 Å². The lowest BCUT2D eigenvalue weighted by Gasteiger charge is -2.39. The fourth-order valence-corrected chi connectivity index (χ4v) is 7.82. The predicted molar refractivity (Wildman–Crippen MR) is 153 cm³/mol. The minimum Gasteiger partial charge on any atom is -0.380 e. The summed E-state index contributed by atoms with van der Waals surface area (Å²) in [7, 11) is -3.50. The molecule has 3 aliphatic heterocycles. The highest BCUT2D eigenvalue weighted by molar-refractivity contribution is 7.92. The molecule has 5 rings (SSSR count). The van der Waals surface area contributed by atoms with Gasteiger partial charge in [-0.1, -0.05) is 12.1 Å². The molecule has 216 valence electrons. The molecule has 1 aromatic carbocycles. The van der Waals surface area contributed by atoms with Gasteiger partial charge < -0.3 is 9.64 Å². The van der Waals surface area contributed by atoms with Gasteiger partial charge in [-0.25, -0.2) is 13.4 Å². The van der Waals surface area contributed by atoms with Gasteiger partial charge in [-0.15, -0.1) is 11.3 Å². The number of amides is 2. The number of nitrogens with one attached hydrogen (secondary N) is 1. The first-order valence-electron chi connectivity index (χ1n) is 13.7. The van der Waals surface area contributed by atoms with Crippen LogP contribution in [0.15, 0.2) is 40.5 Å². The molecule has 40 heavy (non-hydrogen) atoms. The van der Waals surface area contributed by atoms with Crippen molar-refractivity contribution in [3.8, 4) is 0 Å². The standard InChI is InChI=1S/C27H36N6O5S2/c1-19-16-31(12-13-33(19)20(2)34)17-22-15-28-27(39-22)29-26(35)25(30-32-10-3-4-11-32)21-5-7-23(8-6-21)40(36,37)24-9-14-38-18-24/h5-8,15,19,24H,3-4,9-14,16-18H2,1-2H3,(H,28,29,35)/b30-25+/t19-,24-/m0/s1. The third kappa shape index (κ3) is 6.54. The maximum Gasteiger partial charge on any atom is 0.278 e. The van der Waals surface area contributed by atoms with E-state index in [1.807, 2.05) is 9.91 Å². The van der Waals surface area contributed by atoms with Gasteiger partial charge >= 0.3 is 0 Å². The van der Waals surface area contributed by atoms with Gasteiger partial charge in [0, 0.05) is 75.5 Å². The summed E-state index contributed by atoms with van der Waals surface area (Å²) >= 11 is 1.41. The van der Waals surface area contributed by atoms with Crippen molar-refractivity contribution in [2.75, 3.05) is 51.3 Å². The Labute approximate surface area is 239 Å². The van der Waals surface area contributed by atoms with Crippen molar-refractivity contribution in [2.45, 2.75) is 55.8 Å². The smallest absolute Gasteiger partial charge is 0.278 e. The van der Waals surface area contributed by atoms with Crippen LogP contribution in [0.4, 0.5) is 5.13 Å². The molecule has 2 aromatic rings. The number of piperazine rings is 1. The number of carbonyl (C=O) groups is 2. The summed E-state index contributed by atoms with van der Waals surface area (Å²) in [5.41, 5.74) is 0.765. The average molecular weight is 589 g/mol. The molecule has 3 saturated heterocycles. The summed E-state index contributed by atoms with van der Waals surface area (Å²) in [6.07, 6.45) is 4.27. The van der Waals surface area contributed by atoms with Crippen molar-refractivity contribution >= 4 is 43.8 Å². The number of nitrogens with zero attached hydrogens (tertiary/aromatic N) is 5. The zero-order valence-electron chi connectivity index (χ0n) is 22.9. The molecule has 3 fully saturated rings. The monoisotopic (exact) mass is 588 g/mol. The highest BCUT2D eigenvalue weighted by Gasteiger charge is 2.31. The molecule has 0 saturated carbocycles. The number of sulfone groups is 1. The Kier molecular flexibility index (Phi) is 8.83. The van der Waals surface area contributed by atoms with E-state index in [0.717, 1.165) is 43.9 Å². The molecule has 2 amide bonds. The summed E-state index contributed by atoms with van der Waals surface area (Å²) in [4.78, 5) is 35.1. The van der Waals surface area contributed by atoms with E-state index >= 15 is 0 Å². The third-order valence-corrected chi connectivity index (χ3v) is 10.7. The van der Waals surface area contributed by atoms with E-state index in [4.69, 9.17) is 4.74 Å². The van der Waals surface area contributed by atoms with Crippen molar-refractivity contribution in [3.63, 3.8) is 0 Å². The van der Waals surface area contributed by atoms with Gasteiger partial charge in [0.15, 0.2) is 20.7 Å². The van der Waals surface area contributed by atoms with Crippen LogP contribution in [0.2, 0.25) is 0 Å². The lowest BCUT2D eigenvalue weighted by molar-refractivity contribution is -0.133. The van der Waals surface area contributed by atoms with Crippen LogP contribution in [0.5, 0.6) is 0 Å². The first-order valence-corrected chi connectivity index (χ1v) is 16.1. The number of benzene rings is 1. The first-order chi connectivity index (χ1) is 19.2. The molecular formula is C27H36N6O5S2. The normalized spacial score (nSPS) is 22.6. The number of rotatable bonds is 8. The highest BCUT2D eigenvalue weighted by atomic mass is 32.2. The number of hydrazone groups is 1. The zero-order chi connectivity index (χ0) is 28.3. The van der Waals surface area contributed by atoms with E-state index in [1.165, 1.54) is 11.3 Å². The molecule has 2 atom stereocenters. The first kappa shape index (κ1) is 28.7. The van der Waals surface area contributed by atoms with E-state index < -0.39 is 21.0 Å². The van der Waals surface area contributed by atoms with Crippen LogP contribution >= 0.6 is 11.3 Å². The second-order valence-electron chi connectivity index (χ2n) is 10.5. The number of thiazole rings is 1. The molecule has 3 aliphatic rings. The molecule has 13 heteroatoms. The van der Waals surface area contributed by atoms with Gasteiger partial charge in [-0.3, -0.25) is 24.8 Å². The molecule has 4 heterocycles. The highest BCUT2D eigenvalue weighted by Crippen LogP contribution is 2.25. The Morgan fingerprint density at radius 3 is 2.55 bits per heavy atom. The fourth-order valence-electron chi connectivity index (χ4n) is 5.39. The van der Waals surface area contributed by atoms with Crippen LogP contribution < -0.4 is 5.32 Å². The van der Waals surface area contributed by atoms with Crippen LogP contribution in [0.3, 0.4) is 0 Å². The van der Waals surface area contributed by atoms with Crippen LogP contribution in [-0.4, -0.2) is 103 Å². The van der Waals surface area contributed by atoms with Crippen LogP contribution in [0.1, 0.15) is 43.6 Å². The summed E-state index contributed by atoms with van der Waals surface area (Å²) in [6.45, 7) is 8.81. The van der Waals surface area contributed by atoms with E-state index in [9.17, 15) is 18.0 Å². The number of carbonyl (C=O) groups excluding carboxylic acids is 2. The van der Waals surface area contributed by atoms with Crippen molar-refractivity contribution in [1.82, 2.24) is 19.8 Å². The van der Waals surface area contributed by atoms with Crippen LogP contribution in [0, 0.1) is 0 Å². The molecule has 11 nitrogen and oxygen atoms in total. The van der Waals surface area contributed by atoms with Crippen molar-refractivity contribution < 1.29 is 22.7 Å². The molecule has 0 aliphatic carbocycles. The molecule has 0 radical (unpaired) electrons. The van der Waals surface area contributed by atoms with Gasteiger partial charge in [0.05, 0.1) is 16.8 Å². The molecule has 1 N–H and O–H groups in total. The van der Waals surface area contributed by atoms with E-state index in [0.29, 0.717) is 36.8 Å². The second kappa shape index (κ2) is 12.3. The number of hydrogen-bond acceptors (Lipinski definition) is 10. The van der Waals surface area contributed by atoms with Crippen molar-refractivity contribution in [1.29, 1.82) is 0 Å². The van der Waals surface area contributed by atoms with E-state index in [1.54, 1.807) is 37.4 Å². The largest absolute Gasteiger partial charge is 0.380 e. The van der Waals surface area contributed by atoms with Gasteiger partial charge in [0.2, 0.25) is 5.91 Å². The molecule has 1 aromatic heterocycles. The average Bonchev–Trinajstić information content (AvgIpc) is 3.71. The number of aromatic nitrogens is 1. The van der Waals surface area contributed by atoms with Crippen LogP contribution in [0.25, 0.3) is 0 Å². The summed E-state index contributed by atoms with van der Waals surface area (Å²) in [5.74, 6) is -0.294. The maximum absolute atomic E-state index is 13.4. The lowest BCUT2D eigenvalue weighted by Crippen LogP contribution is -2.52. The minimum absolute atomic E-state index is 0.0982. The van der Waals surface area contributed by atoms with Crippen molar-refractivity contribution in [2.24, 2.45) is 5.10 Å². The van der Waals surface area contributed by atoms with Gasteiger partial charge in [-0.2, -0.15) is 5.10 Å². The molecule has 0 spiro atoms. The van der Waals surface area contributed by atoms with Gasteiger partial charge in [0.25, 0.3) is 5.91 Å². The SMILES string of the molecule is CC(=O)N1CCN(Cc2cnc(NC(=O)/C(=N/N3CCCC3)c3ccc(S(=O)(=O)[C@H]4CCOC4)cc3)s2)C[C@@H]1C. The second-order valence-corrected chi connectivity index (χ2v) is 13.9. The Hall–Kier alpha value is -2.87. The zero-order valence-corrected chi connectivity index (χ0v) is 24.5. The van der Waals surface area contributed by atoms with E-state index in [-0.39, 0.29) is 29.2 Å². The molecule has 0 bridgehead atoms. The Balaban J connectivity index is 1.28. The number of hydrogen-bond donors (Lipinski definition) is 1. The fraction of sp³-hybridized carbons (Fsp3) is 0.556. The van der Waals surface area contributed by atoms with Gasteiger partial charge in [-0.05, 0) is 38.3 Å². The Morgan fingerprint density at radius 2 is 1.90 bits per heavy atom. The van der Waals surface area contributed by atoms with Crippen LogP contribution in [-0.2, 0) is 30.7 Å². The quantitative estimate of drug-likeness (QED) is 0.466. The Morgan fingerprint density at radius 1 is 1.15 bits per heavy atom. The Bertz CT molecular complexity index is 1350. The van der Waals surface area contributed by atoms with E-state index in [2.05, 4.69) is 27.2 Å². The number of ether oxygens (including phenoxy) is 1. The lowest BCUT2D eigenvalue weighted by atomic mass is 10.1. The summed E-state index contributed by atoms with van der Waals surface area (Å²) in [6, 6.07) is 6.53. The summed E-state index contributed by atoms with van der Waals surface area (Å²) < 4.78 is 31.2. The topological polar surface area (TPSA) is 125 Å².